The van der Waals surface area contributed by atoms with Gasteiger partial charge in [0.15, 0.2) is 0 Å². The first kappa shape index (κ1) is 18.4. The van der Waals surface area contributed by atoms with Crippen molar-refractivity contribution in [2.24, 2.45) is 0 Å². The molecular formula is C20H27N3O4. The number of rotatable bonds is 3. The van der Waals surface area contributed by atoms with Crippen molar-refractivity contribution >= 4 is 11.9 Å². The van der Waals surface area contributed by atoms with Crippen molar-refractivity contribution in [3.8, 4) is 0 Å². The number of ether oxygens (including phenoxy) is 1. The maximum Gasteiger partial charge on any atom is 0.337 e. The highest BCUT2D eigenvalue weighted by atomic mass is 16.5. The Kier molecular flexibility index (Phi) is 4.70. The molecule has 1 aromatic rings. The van der Waals surface area contributed by atoms with Crippen LogP contribution in [0.4, 0.5) is 0 Å². The molecule has 3 aliphatic heterocycles. The van der Waals surface area contributed by atoms with E-state index in [1.807, 2.05) is 4.90 Å². The zero-order chi connectivity index (χ0) is 19.2. The number of carbonyl (C=O) groups is 2. The Labute approximate surface area is 159 Å². The average Bonchev–Trinajstić information content (AvgIpc) is 3.04. The van der Waals surface area contributed by atoms with Gasteiger partial charge in [0.2, 0.25) is 0 Å². The fourth-order valence-electron chi connectivity index (χ4n) is 4.93. The monoisotopic (exact) mass is 373 g/mol. The summed E-state index contributed by atoms with van der Waals surface area (Å²) in [4.78, 5) is 31.3. The van der Waals surface area contributed by atoms with Gasteiger partial charge < -0.3 is 19.6 Å². The first-order valence-electron chi connectivity index (χ1n) is 9.60. The lowest BCUT2D eigenvalue weighted by Crippen LogP contribution is -2.78. The first-order valence-corrected chi connectivity index (χ1v) is 9.60. The number of amides is 1. The maximum absolute atomic E-state index is 12.9. The van der Waals surface area contributed by atoms with Crippen LogP contribution in [0.2, 0.25) is 0 Å². The van der Waals surface area contributed by atoms with E-state index in [-0.39, 0.29) is 17.6 Å². The number of aliphatic hydroxyl groups is 1. The average molecular weight is 373 g/mol. The molecule has 0 aromatic heterocycles. The number of fused-ring (bicyclic) bond motifs is 2. The van der Waals surface area contributed by atoms with Crippen molar-refractivity contribution in [1.82, 2.24) is 14.7 Å². The Hall–Kier alpha value is -1.96. The van der Waals surface area contributed by atoms with Crippen LogP contribution in [0.1, 0.15) is 34.1 Å². The van der Waals surface area contributed by atoms with Crippen LogP contribution in [0.5, 0.6) is 0 Å². The summed E-state index contributed by atoms with van der Waals surface area (Å²) in [6.07, 6.45) is 0.540. The number of methoxy groups -OCH3 is 1. The Bertz CT molecular complexity index is 746. The number of carbonyl (C=O) groups excluding carboxylic acids is 2. The molecule has 2 unspecified atom stereocenters. The van der Waals surface area contributed by atoms with Gasteiger partial charge >= 0.3 is 5.97 Å². The van der Waals surface area contributed by atoms with E-state index >= 15 is 0 Å². The van der Waals surface area contributed by atoms with E-state index in [2.05, 4.69) is 16.7 Å². The summed E-state index contributed by atoms with van der Waals surface area (Å²) in [5, 5.41) is 10.1. The first-order chi connectivity index (χ1) is 13.0. The lowest BCUT2D eigenvalue weighted by atomic mass is 9.83. The van der Waals surface area contributed by atoms with E-state index in [0.29, 0.717) is 36.8 Å². The molecule has 7 heteroatoms. The Morgan fingerprint density at radius 1 is 1.22 bits per heavy atom. The maximum atomic E-state index is 12.9. The molecule has 27 heavy (non-hydrogen) atoms. The molecule has 3 saturated heterocycles. The van der Waals surface area contributed by atoms with Crippen molar-refractivity contribution in [1.29, 1.82) is 0 Å². The lowest BCUT2D eigenvalue weighted by Gasteiger charge is -2.61. The SMILES string of the molecule is CCN1CC2CC(O)CN2C2(C1)CN(C(=O)c1cccc(C(=O)OC)c1)C2. The van der Waals surface area contributed by atoms with E-state index in [0.717, 1.165) is 26.1 Å². The number of likely N-dealkylation sites (tertiary alicyclic amines) is 1. The minimum absolute atomic E-state index is 0.0590. The molecule has 4 rings (SSSR count). The summed E-state index contributed by atoms with van der Waals surface area (Å²) in [7, 11) is 1.33. The second-order valence-corrected chi connectivity index (χ2v) is 7.98. The summed E-state index contributed by atoms with van der Waals surface area (Å²) < 4.78 is 4.74. The van der Waals surface area contributed by atoms with Gasteiger partial charge in [-0.15, -0.1) is 0 Å². The van der Waals surface area contributed by atoms with Crippen molar-refractivity contribution in [3.05, 3.63) is 35.4 Å². The van der Waals surface area contributed by atoms with Crippen molar-refractivity contribution in [3.63, 3.8) is 0 Å². The van der Waals surface area contributed by atoms with Crippen LogP contribution in [0.25, 0.3) is 0 Å². The summed E-state index contributed by atoms with van der Waals surface area (Å²) in [5.74, 6) is -0.499. The summed E-state index contributed by atoms with van der Waals surface area (Å²) in [6.45, 7) is 7.08. The number of hydrogen-bond acceptors (Lipinski definition) is 6. The second kappa shape index (κ2) is 6.89. The molecule has 0 aliphatic carbocycles. The Balaban J connectivity index is 1.49. The highest BCUT2D eigenvalue weighted by Gasteiger charge is 2.56. The number of nitrogens with zero attached hydrogens (tertiary/aromatic N) is 3. The van der Waals surface area contributed by atoms with Gasteiger partial charge in [0.25, 0.3) is 5.91 Å². The molecule has 0 radical (unpaired) electrons. The molecule has 3 heterocycles. The zero-order valence-electron chi connectivity index (χ0n) is 15.9. The highest BCUT2D eigenvalue weighted by Crippen LogP contribution is 2.39. The molecule has 1 amide bonds. The molecule has 7 nitrogen and oxygen atoms in total. The number of piperazine rings is 1. The van der Waals surface area contributed by atoms with Gasteiger partial charge in [0, 0.05) is 44.3 Å². The van der Waals surface area contributed by atoms with Crippen LogP contribution in [0.15, 0.2) is 24.3 Å². The quantitative estimate of drug-likeness (QED) is 0.775. The normalized spacial score (nSPS) is 27.3. The van der Waals surface area contributed by atoms with Crippen molar-refractivity contribution in [2.75, 3.05) is 46.4 Å². The highest BCUT2D eigenvalue weighted by molar-refractivity contribution is 5.98. The van der Waals surface area contributed by atoms with Crippen molar-refractivity contribution in [2.45, 2.75) is 31.0 Å². The number of benzene rings is 1. The van der Waals surface area contributed by atoms with Crippen LogP contribution >= 0.6 is 0 Å². The molecule has 2 atom stereocenters. The van der Waals surface area contributed by atoms with Gasteiger partial charge in [-0.25, -0.2) is 4.79 Å². The smallest absolute Gasteiger partial charge is 0.337 e. The molecule has 3 fully saturated rings. The third-order valence-electron chi connectivity index (χ3n) is 6.22. The molecule has 3 aliphatic rings. The van der Waals surface area contributed by atoms with Crippen LogP contribution in [0.3, 0.4) is 0 Å². The molecule has 146 valence electrons. The van der Waals surface area contributed by atoms with Gasteiger partial charge in [0.05, 0.1) is 24.3 Å². The molecule has 1 N–H and O–H groups in total. The Morgan fingerprint density at radius 3 is 2.67 bits per heavy atom. The van der Waals surface area contributed by atoms with E-state index < -0.39 is 5.97 Å². The van der Waals surface area contributed by atoms with E-state index in [4.69, 9.17) is 4.74 Å². The molecule has 0 saturated carbocycles. The Morgan fingerprint density at radius 2 is 1.96 bits per heavy atom. The zero-order valence-corrected chi connectivity index (χ0v) is 15.9. The number of esters is 1. The van der Waals surface area contributed by atoms with Crippen molar-refractivity contribution < 1.29 is 19.4 Å². The summed E-state index contributed by atoms with van der Waals surface area (Å²) in [6, 6.07) is 7.06. The largest absolute Gasteiger partial charge is 0.465 e. The summed E-state index contributed by atoms with van der Waals surface area (Å²) in [5.41, 5.74) is 0.830. The minimum Gasteiger partial charge on any atom is -0.465 e. The molecule has 0 bridgehead atoms. The predicted molar refractivity (Wildman–Crippen MR) is 99.6 cm³/mol. The van der Waals surface area contributed by atoms with Gasteiger partial charge in [-0.1, -0.05) is 13.0 Å². The predicted octanol–water partition coefficient (Wildman–Crippen LogP) is 0.439. The second-order valence-electron chi connectivity index (χ2n) is 7.98. The number of hydrogen-bond donors (Lipinski definition) is 1. The molecular weight excluding hydrogens is 346 g/mol. The van der Waals surface area contributed by atoms with Crippen LogP contribution in [-0.4, -0.2) is 95.7 Å². The topological polar surface area (TPSA) is 73.3 Å². The lowest BCUT2D eigenvalue weighted by molar-refractivity contribution is -0.0988. The third-order valence-corrected chi connectivity index (χ3v) is 6.22. The number of β-amino-alcohol motifs (C(OH)–C–C–N with tert-alkyl or cyclic N) is 1. The van der Waals surface area contributed by atoms with Gasteiger partial charge in [-0.05, 0) is 31.2 Å². The molecule has 1 aromatic carbocycles. The number of likely N-dealkylation sites (N-methyl/N-ethyl adjacent to an activating group) is 1. The standard InChI is InChI=1S/C20H27N3O4/c1-3-21-9-16-8-17(24)10-23(16)20(11-21)12-22(13-20)18(25)14-5-4-6-15(7-14)19(26)27-2/h4-7,16-17,24H,3,8-13H2,1-2H3. The van der Waals surface area contributed by atoms with Gasteiger partial charge in [0.1, 0.15) is 0 Å². The van der Waals surface area contributed by atoms with Crippen LogP contribution in [-0.2, 0) is 4.74 Å². The van der Waals surface area contributed by atoms with Gasteiger partial charge in [-0.3, -0.25) is 9.69 Å². The minimum atomic E-state index is -0.440. The fraction of sp³-hybridized carbons (Fsp3) is 0.600. The van der Waals surface area contributed by atoms with Gasteiger partial charge in [-0.2, -0.15) is 0 Å². The van der Waals surface area contributed by atoms with Crippen LogP contribution < -0.4 is 0 Å². The third kappa shape index (κ3) is 3.13. The number of aliphatic hydroxyl groups excluding tert-OH is 1. The van der Waals surface area contributed by atoms with E-state index in [9.17, 15) is 14.7 Å². The van der Waals surface area contributed by atoms with E-state index in [1.165, 1.54) is 7.11 Å². The molecule has 1 spiro atoms. The summed E-state index contributed by atoms with van der Waals surface area (Å²) >= 11 is 0. The fourth-order valence-corrected chi connectivity index (χ4v) is 4.93. The van der Waals surface area contributed by atoms with Crippen LogP contribution in [0, 0.1) is 0 Å². The van der Waals surface area contributed by atoms with E-state index in [1.54, 1.807) is 24.3 Å².